The highest BCUT2D eigenvalue weighted by atomic mass is 16.6. The van der Waals surface area contributed by atoms with Gasteiger partial charge in [0.25, 0.3) is 11.8 Å². The Morgan fingerprint density at radius 2 is 1.56 bits per heavy atom. The molecule has 1 saturated heterocycles. The molecule has 0 aliphatic carbocycles. The van der Waals surface area contributed by atoms with E-state index in [-0.39, 0.29) is 11.8 Å². The van der Waals surface area contributed by atoms with Crippen LogP contribution >= 0.6 is 0 Å². The lowest BCUT2D eigenvalue weighted by Crippen LogP contribution is -2.37. The molecule has 4 rings (SSSR count). The molecule has 0 saturated carbocycles. The first kappa shape index (κ1) is 17.3. The molecule has 2 aliphatic heterocycles. The van der Waals surface area contributed by atoms with Gasteiger partial charge in [0.2, 0.25) is 0 Å². The van der Waals surface area contributed by atoms with Crippen LogP contribution in [0.1, 0.15) is 27.1 Å². The Morgan fingerprint density at radius 3 is 2.26 bits per heavy atom. The molecule has 1 fully saturated rings. The fourth-order valence-electron chi connectivity index (χ4n) is 3.35. The zero-order chi connectivity index (χ0) is 18.6. The third-order valence-electron chi connectivity index (χ3n) is 4.77. The van der Waals surface area contributed by atoms with Crippen molar-refractivity contribution < 1.29 is 19.1 Å². The molecule has 7 heteroatoms. The molecule has 0 radical (unpaired) electrons. The van der Waals surface area contributed by atoms with Crippen LogP contribution in [0, 0.1) is 0 Å². The summed E-state index contributed by atoms with van der Waals surface area (Å²) in [4.78, 5) is 33.1. The molecule has 27 heavy (non-hydrogen) atoms. The smallest absolute Gasteiger partial charge is 0.255 e. The van der Waals surface area contributed by atoms with Gasteiger partial charge in [-0.05, 0) is 36.8 Å². The Kier molecular flexibility index (Phi) is 4.91. The molecule has 140 valence electrons. The second-order valence-corrected chi connectivity index (χ2v) is 6.54. The fourth-order valence-corrected chi connectivity index (χ4v) is 3.35. The highest BCUT2D eigenvalue weighted by Gasteiger charge is 2.24. The lowest BCUT2D eigenvalue weighted by Gasteiger charge is -2.23. The van der Waals surface area contributed by atoms with Crippen molar-refractivity contribution in [3.63, 3.8) is 0 Å². The normalized spacial score (nSPS) is 16.6. The summed E-state index contributed by atoms with van der Waals surface area (Å²) in [6.07, 6.45) is 3.96. The average Bonchev–Trinajstić information content (AvgIpc) is 2.99. The minimum atomic E-state index is -0.0531. The van der Waals surface area contributed by atoms with Gasteiger partial charge >= 0.3 is 0 Å². The number of carbonyl (C=O) groups excluding carboxylic acids is 2. The first-order valence-corrected chi connectivity index (χ1v) is 9.10. The Morgan fingerprint density at radius 1 is 0.852 bits per heavy atom. The Labute approximate surface area is 157 Å². The second kappa shape index (κ2) is 7.65. The van der Waals surface area contributed by atoms with Gasteiger partial charge in [0.15, 0.2) is 11.5 Å². The number of hydrogen-bond donors (Lipinski definition) is 0. The van der Waals surface area contributed by atoms with Crippen LogP contribution in [0.4, 0.5) is 0 Å². The van der Waals surface area contributed by atoms with E-state index in [1.54, 1.807) is 52.5 Å². The van der Waals surface area contributed by atoms with Crippen molar-refractivity contribution >= 4 is 11.8 Å². The molecule has 0 N–H and O–H groups in total. The quantitative estimate of drug-likeness (QED) is 0.810. The number of ether oxygens (including phenoxy) is 2. The van der Waals surface area contributed by atoms with Crippen molar-refractivity contribution in [1.29, 1.82) is 0 Å². The number of rotatable bonds is 2. The van der Waals surface area contributed by atoms with E-state index < -0.39 is 0 Å². The van der Waals surface area contributed by atoms with Crippen LogP contribution in [0.5, 0.6) is 11.5 Å². The average molecular weight is 367 g/mol. The van der Waals surface area contributed by atoms with Gasteiger partial charge in [-0.1, -0.05) is 0 Å². The summed E-state index contributed by atoms with van der Waals surface area (Å²) < 4.78 is 11.1. The van der Waals surface area contributed by atoms with Gasteiger partial charge in [-0.3, -0.25) is 14.6 Å². The summed E-state index contributed by atoms with van der Waals surface area (Å²) in [5.41, 5.74) is 1.15. The number of fused-ring (bicyclic) bond motifs is 1. The van der Waals surface area contributed by atoms with Crippen molar-refractivity contribution in [1.82, 2.24) is 14.8 Å². The monoisotopic (exact) mass is 367 g/mol. The van der Waals surface area contributed by atoms with E-state index in [1.807, 2.05) is 0 Å². The van der Waals surface area contributed by atoms with Crippen LogP contribution in [-0.4, -0.2) is 66.0 Å². The Hall–Kier alpha value is -3.09. The first-order chi connectivity index (χ1) is 13.2. The molecule has 2 aromatic rings. The third-order valence-corrected chi connectivity index (χ3v) is 4.77. The van der Waals surface area contributed by atoms with Gasteiger partial charge in [-0.2, -0.15) is 0 Å². The van der Waals surface area contributed by atoms with Crippen molar-refractivity contribution in [2.75, 3.05) is 39.4 Å². The maximum Gasteiger partial charge on any atom is 0.255 e. The summed E-state index contributed by atoms with van der Waals surface area (Å²) in [5.74, 6) is 1.18. The molecule has 0 atom stereocenters. The summed E-state index contributed by atoms with van der Waals surface area (Å²) in [6, 6.07) is 8.79. The number of carbonyl (C=O) groups is 2. The standard InChI is InChI=1S/C20H21N3O4/c24-19(15-4-5-17-18(13-15)27-12-11-26-17)22-7-2-8-23(10-9-22)20(25)16-3-1-6-21-14-16/h1,3-6,13-14H,2,7-12H2. The molecule has 3 heterocycles. The van der Waals surface area contributed by atoms with Gasteiger partial charge in [-0.15, -0.1) is 0 Å². The highest BCUT2D eigenvalue weighted by Crippen LogP contribution is 2.31. The molecule has 0 unspecified atom stereocenters. The molecule has 1 aromatic heterocycles. The van der Waals surface area contributed by atoms with E-state index in [2.05, 4.69) is 4.98 Å². The molecule has 2 aliphatic rings. The fraction of sp³-hybridized carbons (Fsp3) is 0.350. The van der Waals surface area contributed by atoms with Crippen molar-refractivity contribution in [2.45, 2.75) is 6.42 Å². The van der Waals surface area contributed by atoms with E-state index in [0.29, 0.717) is 62.0 Å². The predicted molar refractivity (Wildman–Crippen MR) is 98.1 cm³/mol. The summed E-state index contributed by atoms with van der Waals surface area (Å²) in [5, 5.41) is 0. The number of nitrogens with zero attached hydrogens (tertiary/aromatic N) is 3. The minimum Gasteiger partial charge on any atom is -0.486 e. The maximum absolute atomic E-state index is 12.9. The lowest BCUT2D eigenvalue weighted by molar-refractivity contribution is 0.0718. The third kappa shape index (κ3) is 3.72. The van der Waals surface area contributed by atoms with Crippen molar-refractivity contribution in [2.24, 2.45) is 0 Å². The topological polar surface area (TPSA) is 72.0 Å². The van der Waals surface area contributed by atoms with Gasteiger partial charge in [-0.25, -0.2) is 0 Å². The molecule has 2 amide bonds. The predicted octanol–water partition coefficient (Wildman–Crippen LogP) is 1.84. The van der Waals surface area contributed by atoms with Crippen molar-refractivity contribution in [3.8, 4) is 11.5 Å². The van der Waals surface area contributed by atoms with Crippen LogP contribution in [0.25, 0.3) is 0 Å². The molecular weight excluding hydrogens is 346 g/mol. The lowest BCUT2D eigenvalue weighted by atomic mass is 10.1. The van der Waals surface area contributed by atoms with E-state index in [0.717, 1.165) is 6.42 Å². The van der Waals surface area contributed by atoms with Crippen LogP contribution in [0.15, 0.2) is 42.7 Å². The molecular formula is C20H21N3O4. The Balaban J connectivity index is 1.43. The summed E-state index contributed by atoms with van der Waals surface area (Å²) >= 11 is 0. The maximum atomic E-state index is 12.9. The summed E-state index contributed by atoms with van der Waals surface area (Å²) in [6.45, 7) is 3.25. The molecule has 0 spiro atoms. The second-order valence-electron chi connectivity index (χ2n) is 6.54. The van der Waals surface area contributed by atoms with Crippen LogP contribution in [0.2, 0.25) is 0 Å². The van der Waals surface area contributed by atoms with E-state index in [9.17, 15) is 9.59 Å². The Bertz CT molecular complexity index is 840. The number of aromatic nitrogens is 1. The van der Waals surface area contributed by atoms with Crippen LogP contribution in [0.3, 0.4) is 0 Å². The van der Waals surface area contributed by atoms with Crippen molar-refractivity contribution in [3.05, 3.63) is 53.9 Å². The van der Waals surface area contributed by atoms with Crippen LogP contribution in [-0.2, 0) is 0 Å². The van der Waals surface area contributed by atoms with E-state index in [1.165, 1.54) is 0 Å². The zero-order valence-electron chi connectivity index (χ0n) is 15.0. The SMILES string of the molecule is O=C(c1cccnc1)N1CCCN(C(=O)c2ccc3c(c2)OCCO3)CC1. The molecule has 7 nitrogen and oxygen atoms in total. The number of hydrogen-bond acceptors (Lipinski definition) is 5. The number of pyridine rings is 1. The molecule has 1 aromatic carbocycles. The van der Waals surface area contributed by atoms with Gasteiger partial charge < -0.3 is 19.3 Å². The number of benzene rings is 1. The summed E-state index contributed by atoms with van der Waals surface area (Å²) in [7, 11) is 0. The minimum absolute atomic E-state index is 0.0447. The van der Waals surface area contributed by atoms with Gasteiger partial charge in [0.05, 0.1) is 5.56 Å². The zero-order valence-corrected chi connectivity index (χ0v) is 15.0. The highest BCUT2D eigenvalue weighted by molar-refractivity contribution is 5.95. The first-order valence-electron chi connectivity index (χ1n) is 9.10. The molecule has 0 bridgehead atoms. The van der Waals surface area contributed by atoms with Crippen LogP contribution < -0.4 is 9.47 Å². The van der Waals surface area contributed by atoms with E-state index >= 15 is 0 Å². The van der Waals surface area contributed by atoms with Gasteiger partial charge in [0, 0.05) is 44.1 Å². The van der Waals surface area contributed by atoms with E-state index in [4.69, 9.17) is 9.47 Å². The van der Waals surface area contributed by atoms with Gasteiger partial charge in [0.1, 0.15) is 13.2 Å². The number of amides is 2. The largest absolute Gasteiger partial charge is 0.486 e.